The van der Waals surface area contributed by atoms with Crippen molar-refractivity contribution in [1.29, 1.82) is 0 Å². The Morgan fingerprint density at radius 1 is 1.26 bits per heavy atom. The molecule has 2 aliphatic rings. The lowest BCUT2D eigenvalue weighted by atomic mass is 10.2. The van der Waals surface area contributed by atoms with Crippen LogP contribution in [0.2, 0.25) is 5.15 Å². The van der Waals surface area contributed by atoms with E-state index in [-0.39, 0.29) is 10.7 Å². The van der Waals surface area contributed by atoms with Gasteiger partial charge in [-0.2, -0.15) is 5.10 Å². The maximum atomic E-state index is 12.5. The molecule has 1 saturated carbocycles. The average molecular weight is 448 g/mol. The molecule has 9 heteroatoms. The highest BCUT2D eigenvalue weighted by molar-refractivity contribution is 6.32. The van der Waals surface area contributed by atoms with Gasteiger partial charge in [-0.25, -0.2) is 4.79 Å². The molecule has 0 saturated heterocycles. The summed E-state index contributed by atoms with van der Waals surface area (Å²) in [4.78, 5) is 24.8. The quantitative estimate of drug-likeness (QED) is 0.662. The number of nitrogens with zero attached hydrogens (tertiary/aromatic N) is 2. The van der Waals surface area contributed by atoms with Gasteiger partial charge in [0.2, 0.25) is 0 Å². The van der Waals surface area contributed by atoms with Crippen molar-refractivity contribution >= 4 is 29.2 Å². The Hall–Kier alpha value is -2.74. The van der Waals surface area contributed by atoms with Gasteiger partial charge in [0.15, 0.2) is 18.1 Å². The number of esters is 1. The van der Waals surface area contributed by atoms with Crippen molar-refractivity contribution in [2.75, 3.05) is 11.9 Å². The third-order valence-electron chi connectivity index (χ3n) is 5.33. The molecule has 0 bridgehead atoms. The fraction of sp³-hybridized carbons (Fsp3) is 0.500. The van der Waals surface area contributed by atoms with Crippen molar-refractivity contribution in [2.45, 2.75) is 58.8 Å². The number of benzene rings is 1. The van der Waals surface area contributed by atoms with E-state index in [1.54, 1.807) is 29.8 Å². The van der Waals surface area contributed by atoms with E-state index in [1.807, 2.05) is 13.8 Å². The number of ether oxygens (including phenoxy) is 3. The van der Waals surface area contributed by atoms with Crippen LogP contribution in [0.1, 0.15) is 55.6 Å². The highest BCUT2D eigenvalue weighted by atomic mass is 35.5. The minimum absolute atomic E-state index is 0.181. The lowest BCUT2D eigenvalue weighted by Crippen LogP contribution is -2.34. The van der Waals surface area contributed by atoms with E-state index in [9.17, 15) is 9.59 Å². The van der Waals surface area contributed by atoms with E-state index in [0.29, 0.717) is 35.3 Å². The average Bonchev–Trinajstić information content (AvgIpc) is 3.37. The van der Waals surface area contributed by atoms with E-state index in [0.717, 1.165) is 25.7 Å². The second kappa shape index (κ2) is 8.42. The number of aromatic nitrogens is 2. The molecule has 0 unspecified atom stereocenters. The number of hydrogen-bond donors (Lipinski definition) is 1. The van der Waals surface area contributed by atoms with Gasteiger partial charge in [-0.1, -0.05) is 25.4 Å². The predicted octanol–water partition coefficient (Wildman–Crippen LogP) is 4.34. The molecular formula is C22H26ClN3O5. The van der Waals surface area contributed by atoms with E-state index >= 15 is 0 Å². The van der Waals surface area contributed by atoms with Gasteiger partial charge in [0.1, 0.15) is 10.7 Å². The summed E-state index contributed by atoms with van der Waals surface area (Å²) in [7, 11) is 0. The van der Waals surface area contributed by atoms with Crippen LogP contribution in [0.25, 0.3) is 0 Å². The topological polar surface area (TPSA) is 91.7 Å². The van der Waals surface area contributed by atoms with Crippen LogP contribution in [-0.2, 0) is 16.1 Å². The zero-order chi connectivity index (χ0) is 22.2. The highest BCUT2D eigenvalue weighted by Gasteiger charge is 2.44. The van der Waals surface area contributed by atoms with Crippen LogP contribution in [0.15, 0.2) is 18.2 Å². The summed E-state index contributed by atoms with van der Waals surface area (Å²) >= 11 is 6.29. The SMILES string of the molecule is Cc1nn(CC(C)C)c(Cl)c1C(=O)OCC(=O)Nc1ccc2c(c1)OC1(CCCC1)O2. The molecule has 0 radical (unpaired) electrons. The number of hydrogen-bond acceptors (Lipinski definition) is 6. The lowest BCUT2D eigenvalue weighted by molar-refractivity contribution is -0.119. The van der Waals surface area contributed by atoms with Crippen molar-refractivity contribution in [1.82, 2.24) is 9.78 Å². The summed E-state index contributed by atoms with van der Waals surface area (Å²) in [6.07, 6.45) is 3.86. The summed E-state index contributed by atoms with van der Waals surface area (Å²) in [5, 5.41) is 7.22. The summed E-state index contributed by atoms with van der Waals surface area (Å²) in [6, 6.07) is 5.22. The third kappa shape index (κ3) is 4.49. The van der Waals surface area contributed by atoms with E-state index in [1.165, 1.54) is 0 Å². The van der Waals surface area contributed by atoms with E-state index in [4.69, 9.17) is 25.8 Å². The number of nitrogens with one attached hydrogen (secondary N) is 1. The molecule has 1 N–H and O–H groups in total. The van der Waals surface area contributed by atoms with Crippen LogP contribution in [0.4, 0.5) is 5.69 Å². The van der Waals surface area contributed by atoms with Gasteiger partial charge in [0.25, 0.3) is 11.7 Å². The number of halogens is 1. The Morgan fingerprint density at radius 3 is 2.68 bits per heavy atom. The molecule has 2 heterocycles. The maximum absolute atomic E-state index is 12.5. The van der Waals surface area contributed by atoms with Gasteiger partial charge in [-0.15, -0.1) is 0 Å². The third-order valence-corrected chi connectivity index (χ3v) is 5.71. The fourth-order valence-electron chi connectivity index (χ4n) is 3.94. The Kier molecular flexibility index (Phi) is 5.83. The molecular weight excluding hydrogens is 422 g/mol. The molecule has 4 rings (SSSR count). The fourth-order valence-corrected chi connectivity index (χ4v) is 4.26. The van der Waals surface area contributed by atoms with E-state index in [2.05, 4.69) is 10.4 Å². The van der Waals surface area contributed by atoms with Crippen LogP contribution in [0, 0.1) is 12.8 Å². The molecule has 2 aromatic rings. The van der Waals surface area contributed by atoms with Crippen molar-refractivity contribution in [3.8, 4) is 11.5 Å². The molecule has 1 aromatic heterocycles. The van der Waals surface area contributed by atoms with Crippen LogP contribution in [0.3, 0.4) is 0 Å². The van der Waals surface area contributed by atoms with Crippen LogP contribution in [-0.4, -0.2) is 34.1 Å². The zero-order valence-corrected chi connectivity index (χ0v) is 18.6. The summed E-state index contributed by atoms with van der Waals surface area (Å²) in [5.41, 5.74) is 1.19. The Labute approximate surface area is 185 Å². The van der Waals surface area contributed by atoms with Gasteiger partial charge in [0, 0.05) is 31.1 Å². The molecule has 166 valence electrons. The molecule has 1 fully saturated rings. The molecule has 1 amide bonds. The van der Waals surface area contributed by atoms with Crippen LogP contribution < -0.4 is 14.8 Å². The second-order valence-corrected chi connectivity index (χ2v) is 8.79. The summed E-state index contributed by atoms with van der Waals surface area (Å²) in [5.74, 6) is -0.103. The second-order valence-electron chi connectivity index (χ2n) is 8.43. The molecule has 0 atom stereocenters. The number of carbonyl (C=O) groups is 2. The summed E-state index contributed by atoms with van der Waals surface area (Å²) in [6.45, 7) is 5.88. The van der Waals surface area contributed by atoms with Crippen molar-refractivity contribution < 1.29 is 23.8 Å². The zero-order valence-electron chi connectivity index (χ0n) is 17.9. The lowest BCUT2D eigenvalue weighted by Gasteiger charge is -2.21. The first-order valence-electron chi connectivity index (χ1n) is 10.5. The Morgan fingerprint density at radius 2 is 1.97 bits per heavy atom. The van der Waals surface area contributed by atoms with Gasteiger partial charge in [0.05, 0.1) is 5.69 Å². The number of anilines is 1. The Balaban J connectivity index is 1.34. The summed E-state index contributed by atoms with van der Waals surface area (Å²) < 4.78 is 18.7. The van der Waals surface area contributed by atoms with E-state index < -0.39 is 24.3 Å². The van der Waals surface area contributed by atoms with Crippen molar-refractivity contribution in [2.24, 2.45) is 5.92 Å². The van der Waals surface area contributed by atoms with Gasteiger partial charge in [-0.05, 0) is 37.8 Å². The van der Waals surface area contributed by atoms with Crippen molar-refractivity contribution in [3.63, 3.8) is 0 Å². The predicted molar refractivity (Wildman–Crippen MR) is 115 cm³/mol. The first-order chi connectivity index (χ1) is 14.8. The van der Waals surface area contributed by atoms with Gasteiger partial charge in [-0.3, -0.25) is 9.48 Å². The van der Waals surface area contributed by atoms with Crippen molar-refractivity contribution in [3.05, 3.63) is 34.6 Å². The standard InChI is InChI=1S/C22H26ClN3O5/c1-13(2)11-26-20(23)19(14(3)25-26)21(28)29-12-18(27)24-15-6-7-16-17(10-15)31-22(30-16)8-4-5-9-22/h6-7,10,13H,4-5,8-9,11-12H2,1-3H3,(H,24,27). The monoisotopic (exact) mass is 447 g/mol. The number of carbonyl (C=O) groups excluding carboxylic acids is 2. The maximum Gasteiger partial charge on any atom is 0.343 e. The molecule has 1 aliphatic heterocycles. The Bertz CT molecular complexity index is 1010. The van der Waals surface area contributed by atoms with Gasteiger partial charge >= 0.3 is 5.97 Å². The molecule has 8 nitrogen and oxygen atoms in total. The number of amides is 1. The molecule has 1 aliphatic carbocycles. The minimum atomic E-state index is -0.679. The number of aryl methyl sites for hydroxylation is 1. The van der Waals surface area contributed by atoms with Crippen LogP contribution in [0.5, 0.6) is 11.5 Å². The first-order valence-corrected chi connectivity index (χ1v) is 10.9. The minimum Gasteiger partial charge on any atom is -0.452 e. The number of rotatable bonds is 6. The number of fused-ring (bicyclic) bond motifs is 1. The molecule has 31 heavy (non-hydrogen) atoms. The molecule has 1 spiro atoms. The van der Waals surface area contributed by atoms with Gasteiger partial charge < -0.3 is 19.5 Å². The first kappa shape index (κ1) is 21.5. The normalized spacial score (nSPS) is 16.2. The van der Waals surface area contributed by atoms with Crippen LogP contribution >= 0.6 is 11.6 Å². The smallest absolute Gasteiger partial charge is 0.343 e. The largest absolute Gasteiger partial charge is 0.452 e. The highest BCUT2D eigenvalue weighted by Crippen LogP contribution is 2.47. The molecule has 1 aromatic carbocycles.